The Hall–Kier alpha value is -2.18. The van der Waals surface area contributed by atoms with E-state index in [0.717, 1.165) is 0 Å². The van der Waals surface area contributed by atoms with Gasteiger partial charge in [0.05, 0.1) is 6.54 Å². The summed E-state index contributed by atoms with van der Waals surface area (Å²) in [5.74, 6) is -0.476. The van der Waals surface area contributed by atoms with E-state index < -0.39 is 0 Å². The quantitative estimate of drug-likeness (QED) is 0.724. The topological polar surface area (TPSA) is 96.6 Å². The summed E-state index contributed by atoms with van der Waals surface area (Å²) in [6.07, 6.45) is 2.08. The highest BCUT2D eigenvalue weighted by atomic mass is 16.5. The molecule has 1 aliphatic rings. The monoisotopic (exact) mass is 222 g/mol. The predicted octanol–water partition coefficient (Wildman–Crippen LogP) is -0.443. The molecule has 0 radical (unpaired) electrons. The molecule has 0 atom stereocenters. The van der Waals surface area contributed by atoms with Crippen molar-refractivity contribution in [3.63, 3.8) is 0 Å². The van der Waals surface area contributed by atoms with Crippen molar-refractivity contribution in [1.82, 2.24) is 15.9 Å². The molecule has 0 aromatic carbocycles. The summed E-state index contributed by atoms with van der Waals surface area (Å²) in [5, 5.41) is 9.94. The van der Waals surface area contributed by atoms with Crippen LogP contribution in [0.25, 0.3) is 0 Å². The second-order valence-electron chi connectivity index (χ2n) is 3.27. The zero-order chi connectivity index (χ0) is 11.4. The molecule has 0 saturated heterocycles. The molecule has 0 unspecified atom stereocenters. The van der Waals surface area contributed by atoms with Crippen LogP contribution in [0.5, 0.6) is 0 Å². The van der Waals surface area contributed by atoms with Crippen LogP contribution in [0.1, 0.15) is 18.5 Å². The molecule has 2 rings (SSSR count). The van der Waals surface area contributed by atoms with E-state index in [-0.39, 0.29) is 24.8 Å². The highest BCUT2D eigenvalue weighted by Crippen LogP contribution is 2.00. The van der Waals surface area contributed by atoms with E-state index in [9.17, 15) is 9.59 Å². The molecule has 0 bridgehead atoms. The first kappa shape index (κ1) is 10.3. The SMILES string of the molecule is O=C1CCC(C(=O)NCc2ccon2)=NN1. The van der Waals surface area contributed by atoms with Crippen molar-refractivity contribution in [1.29, 1.82) is 0 Å². The van der Waals surface area contributed by atoms with Crippen LogP contribution in [-0.2, 0) is 16.1 Å². The molecule has 1 aromatic rings. The summed E-state index contributed by atoms with van der Waals surface area (Å²) < 4.78 is 4.62. The first-order chi connectivity index (χ1) is 7.75. The maximum Gasteiger partial charge on any atom is 0.267 e. The summed E-state index contributed by atoms with van der Waals surface area (Å²) in [7, 11) is 0. The molecule has 2 heterocycles. The normalized spacial score (nSPS) is 15.2. The molecule has 7 nitrogen and oxygen atoms in total. The second kappa shape index (κ2) is 4.56. The molecule has 16 heavy (non-hydrogen) atoms. The Morgan fingerprint density at radius 3 is 3.06 bits per heavy atom. The summed E-state index contributed by atoms with van der Waals surface area (Å²) in [4.78, 5) is 22.4. The van der Waals surface area contributed by atoms with Crippen LogP contribution in [0.2, 0.25) is 0 Å². The zero-order valence-electron chi connectivity index (χ0n) is 8.40. The lowest BCUT2D eigenvalue weighted by atomic mass is 10.1. The van der Waals surface area contributed by atoms with Crippen molar-refractivity contribution in [2.45, 2.75) is 19.4 Å². The first-order valence-corrected chi connectivity index (χ1v) is 4.78. The van der Waals surface area contributed by atoms with Crippen molar-refractivity contribution in [2.24, 2.45) is 5.10 Å². The fourth-order valence-corrected chi connectivity index (χ4v) is 1.24. The van der Waals surface area contributed by atoms with Gasteiger partial charge < -0.3 is 9.84 Å². The Kier molecular flexibility index (Phi) is 2.95. The number of nitrogens with zero attached hydrogens (tertiary/aromatic N) is 2. The van der Waals surface area contributed by atoms with Gasteiger partial charge >= 0.3 is 0 Å². The Labute approximate surface area is 90.9 Å². The minimum absolute atomic E-state index is 0.173. The minimum atomic E-state index is -0.303. The molecular formula is C9H10N4O3. The number of hydrogen-bond donors (Lipinski definition) is 2. The van der Waals surface area contributed by atoms with Gasteiger partial charge in [0.1, 0.15) is 17.7 Å². The summed E-state index contributed by atoms with van der Waals surface area (Å²) >= 11 is 0. The maximum absolute atomic E-state index is 11.5. The summed E-state index contributed by atoms with van der Waals surface area (Å²) in [5.41, 5.74) is 3.22. The highest BCUT2D eigenvalue weighted by Gasteiger charge is 2.17. The van der Waals surface area contributed by atoms with E-state index in [1.807, 2.05) is 0 Å². The Balaban J connectivity index is 1.86. The summed E-state index contributed by atoms with van der Waals surface area (Å²) in [6, 6.07) is 1.66. The van der Waals surface area contributed by atoms with E-state index >= 15 is 0 Å². The number of hydrazone groups is 1. The Bertz CT molecular complexity index is 424. The van der Waals surface area contributed by atoms with Gasteiger partial charge in [-0.15, -0.1) is 0 Å². The van der Waals surface area contributed by atoms with Gasteiger partial charge in [0.2, 0.25) is 5.91 Å². The zero-order valence-corrected chi connectivity index (χ0v) is 8.40. The maximum atomic E-state index is 11.5. The van der Waals surface area contributed by atoms with Crippen LogP contribution >= 0.6 is 0 Å². The van der Waals surface area contributed by atoms with Crippen LogP contribution in [0.3, 0.4) is 0 Å². The Morgan fingerprint density at radius 2 is 2.44 bits per heavy atom. The molecule has 2 amide bonds. The molecule has 0 aliphatic carbocycles. The van der Waals surface area contributed by atoms with Gasteiger partial charge in [-0.2, -0.15) is 5.10 Å². The molecule has 84 valence electrons. The van der Waals surface area contributed by atoms with Gasteiger partial charge in [0, 0.05) is 18.9 Å². The van der Waals surface area contributed by atoms with E-state index in [4.69, 9.17) is 0 Å². The number of carbonyl (C=O) groups is 2. The highest BCUT2D eigenvalue weighted by molar-refractivity contribution is 6.39. The van der Waals surface area contributed by atoms with E-state index in [0.29, 0.717) is 17.8 Å². The lowest BCUT2D eigenvalue weighted by molar-refractivity contribution is -0.121. The second-order valence-corrected chi connectivity index (χ2v) is 3.27. The van der Waals surface area contributed by atoms with Gasteiger partial charge in [-0.3, -0.25) is 9.59 Å². The number of aromatic nitrogens is 1. The number of carbonyl (C=O) groups excluding carboxylic acids is 2. The number of rotatable bonds is 3. The first-order valence-electron chi connectivity index (χ1n) is 4.78. The van der Waals surface area contributed by atoms with Crippen molar-refractivity contribution < 1.29 is 14.1 Å². The largest absolute Gasteiger partial charge is 0.364 e. The van der Waals surface area contributed by atoms with Crippen LogP contribution in [-0.4, -0.2) is 22.7 Å². The van der Waals surface area contributed by atoms with E-state index in [1.165, 1.54) is 6.26 Å². The standard InChI is InChI=1S/C9H10N4O3/c14-8-2-1-7(11-12-8)9(15)10-5-6-3-4-16-13-6/h3-4H,1-2,5H2,(H,10,15)(H,12,14). The fourth-order valence-electron chi connectivity index (χ4n) is 1.24. The summed E-state index contributed by atoms with van der Waals surface area (Å²) in [6.45, 7) is 0.280. The third kappa shape index (κ3) is 2.44. The van der Waals surface area contributed by atoms with Crippen molar-refractivity contribution in [2.75, 3.05) is 0 Å². The molecule has 1 aliphatic heterocycles. The molecule has 1 aromatic heterocycles. The number of nitrogens with one attached hydrogen (secondary N) is 2. The average Bonchev–Trinajstić information content (AvgIpc) is 2.80. The van der Waals surface area contributed by atoms with Crippen LogP contribution in [0.15, 0.2) is 22.0 Å². The molecule has 0 fully saturated rings. The van der Waals surface area contributed by atoms with Gasteiger partial charge in [0.25, 0.3) is 5.91 Å². The van der Waals surface area contributed by atoms with Gasteiger partial charge in [-0.1, -0.05) is 5.16 Å². The fraction of sp³-hybridized carbons (Fsp3) is 0.333. The minimum Gasteiger partial charge on any atom is -0.364 e. The Morgan fingerprint density at radius 1 is 1.56 bits per heavy atom. The van der Waals surface area contributed by atoms with Crippen LogP contribution < -0.4 is 10.7 Å². The number of amides is 2. The average molecular weight is 222 g/mol. The van der Waals surface area contributed by atoms with Gasteiger partial charge in [0.15, 0.2) is 0 Å². The molecule has 7 heteroatoms. The van der Waals surface area contributed by atoms with Gasteiger partial charge in [-0.05, 0) is 0 Å². The van der Waals surface area contributed by atoms with E-state index in [2.05, 4.69) is 25.5 Å². The number of hydrogen-bond acceptors (Lipinski definition) is 5. The lowest BCUT2D eigenvalue weighted by Gasteiger charge is -2.11. The third-order valence-electron chi connectivity index (χ3n) is 2.09. The van der Waals surface area contributed by atoms with Crippen molar-refractivity contribution in [3.05, 3.63) is 18.0 Å². The molecule has 0 saturated carbocycles. The van der Waals surface area contributed by atoms with Gasteiger partial charge in [-0.25, -0.2) is 5.43 Å². The van der Waals surface area contributed by atoms with Crippen LogP contribution in [0.4, 0.5) is 0 Å². The third-order valence-corrected chi connectivity index (χ3v) is 2.09. The van der Waals surface area contributed by atoms with Crippen LogP contribution in [0, 0.1) is 0 Å². The lowest BCUT2D eigenvalue weighted by Crippen LogP contribution is -2.36. The molecular weight excluding hydrogens is 212 g/mol. The van der Waals surface area contributed by atoms with Crippen molar-refractivity contribution >= 4 is 17.5 Å². The predicted molar refractivity (Wildman–Crippen MR) is 53.2 cm³/mol. The van der Waals surface area contributed by atoms with Crippen molar-refractivity contribution in [3.8, 4) is 0 Å². The van der Waals surface area contributed by atoms with E-state index in [1.54, 1.807) is 6.07 Å². The molecule has 0 spiro atoms. The smallest absolute Gasteiger partial charge is 0.267 e. The molecule has 2 N–H and O–H groups in total.